The number of benzene rings is 1. The molecule has 0 heterocycles. The van der Waals surface area contributed by atoms with Gasteiger partial charge in [-0.15, -0.1) is 0 Å². The van der Waals surface area contributed by atoms with Crippen LogP contribution in [0, 0.1) is 0 Å². The summed E-state index contributed by atoms with van der Waals surface area (Å²) in [6, 6.07) is 9.90. The van der Waals surface area contributed by atoms with Crippen LogP contribution in [-0.2, 0) is 6.54 Å². The van der Waals surface area contributed by atoms with Crippen molar-refractivity contribution in [3.63, 3.8) is 0 Å². The van der Waals surface area contributed by atoms with Crippen LogP contribution in [0.25, 0.3) is 0 Å². The van der Waals surface area contributed by atoms with Crippen LogP contribution >= 0.6 is 0 Å². The number of nitrogens with two attached hydrogens (primary N) is 1. The second-order valence-electron chi connectivity index (χ2n) is 4.62. The molecule has 4 nitrogen and oxygen atoms in total. The van der Waals surface area contributed by atoms with E-state index in [1.54, 1.807) is 0 Å². The smallest absolute Gasteiger partial charge is 0.407 e. The molecule has 1 fully saturated rings. The Morgan fingerprint density at radius 2 is 2.06 bits per heavy atom. The molecule has 0 saturated heterocycles. The van der Waals surface area contributed by atoms with E-state index in [-0.39, 0.29) is 12.1 Å². The maximum atomic E-state index is 11.3. The second kappa shape index (κ2) is 5.19. The zero-order valence-electron chi connectivity index (χ0n) is 9.75. The largest absolute Gasteiger partial charge is 0.465 e. The third-order valence-electron chi connectivity index (χ3n) is 3.33. The summed E-state index contributed by atoms with van der Waals surface area (Å²) >= 11 is 0. The molecule has 92 valence electrons. The molecule has 0 spiro atoms. The highest BCUT2D eigenvalue weighted by atomic mass is 16.4. The molecule has 1 aliphatic rings. The van der Waals surface area contributed by atoms with Crippen LogP contribution in [0.5, 0.6) is 0 Å². The summed E-state index contributed by atoms with van der Waals surface area (Å²) < 4.78 is 0. The van der Waals surface area contributed by atoms with Crippen LogP contribution in [0.2, 0.25) is 0 Å². The molecule has 1 amide bonds. The van der Waals surface area contributed by atoms with Gasteiger partial charge in [0.05, 0.1) is 0 Å². The molecule has 4 heteroatoms. The van der Waals surface area contributed by atoms with Crippen molar-refractivity contribution in [2.75, 3.05) is 0 Å². The molecular formula is C13H18N2O2. The van der Waals surface area contributed by atoms with E-state index in [2.05, 4.69) is 0 Å². The molecule has 1 aliphatic carbocycles. The number of rotatable bonds is 3. The molecule has 0 unspecified atom stereocenters. The van der Waals surface area contributed by atoms with Crippen molar-refractivity contribution in [1.82, 2.24) is 4.90 Å². The average Bonchev–Trinajstić information content (AvgIpc) is 2.73. The fourth-order valence-electron chi connectivity index (χ4n) is 2.41. The quantitative estimate of drug-likeness (QED) is 0.841. The maximum Gasteiger partial charge on any atom is 0.407 e. The number of hydrogen-bond donors (Lipinski definition) is 2. The lowest BCUT2D eigenvalue weighted by Crippen LogP contribution is -2.38. The highest BCUT2D eigenvalue weighted by Crippen LogP contribution is 2.24. The molecule has 3 N–H and O–H groups in total. The van der Waals surface area contributed by atoms with Gasteiger partial charge >= 0.3 is 6.09 Å². The summed E-state index contributed by atoms with van der Waals surface area (Å²) in [7, 11) is 0. The number of hydrogen-bond acceptors (Lipinski definition) is 2. The summed E-state index contributed by atoms with van der Waals surface area (Å²) in [5, 5.41) is 9.27. The third-order valence-corrected chi connectivity index (χ3v) is 3.33. The molecule has 1 aromatic carbocycles. The molecule has 0 radical (unpaired) electrons. The molecule has 1 aromatic rings. The van der Waals surface area contributed by atoms with Gasteiger partial charge in [0.15, 0.2) is 0 Å². The molecule has 1 saturated carbocycles. The SMILES string of the molecule is N[C@H]1CC[C@@H](N(Cc2ccccc2)C(=O)O)C1. The Labute approximate surface area is 101 Å². The number of nitrogens with zero attached hydrogens (tertiary/aromatic N) is 1. The third kappa shape index (κ3) is 2.97. The van der Waals surface area contributed by atoms with E-state index in [1.807, 2.05) is 30.3 Å². The molecule has 0 bridgehead atoms. The Morgan fingerprint density at radius 1 is 1.35 bits per heavy atom. The van der Waals surface area contributed by atoms with Crippen molar-refractivity contribution in [2.24, 2.45) is 5.73 Å². The minimum atomic E-state index is -0.854. The normalized spacial score (nSPS) is 23.6. The van der Waals surface area contributed by atoms with E-state index in [0.717, 1.165) is 24.8 Å². The van der Waals surface area contributed by atoms with Crippen LogP contribution in [0.15, 0.2) is 30.3 Å². The van der Waals surface area contributed by atoms with Crippen LogP contribution in [0.3, 0.4) is 0 Å². The lowest BCUT2D eigenvalue weighted by Gasteiger charge is -2.26. The summed E-state index contributed by atoms with van der Waals surface area (Å²) in [6.45, 7) is 0.452. The van der Waals surface area contributed by atoms with E-state index in [9.17, 15) is 9.90 Å². The fraction of sp³-hybridized carbons (Fsp3) is 0.462. The van der Waals surface area contributed by atoms with Crippen molar-refractivity contribution in [1.29, 1.82) is 0 Å². The van der Waals surface area contributed by atoms with Gasteiger partial charge in [0.2, 0.25) is 0 Å². The van der Waals surface area contributed by atoms with E-state index in [0.29, 0.717) is 6.54 Å². The van der Waals surface area contributed by atoms with Crippen LogP contribution in [0.1, 0.15) is 24.8 Å². The zero-order chi connectivity index (χ0) is 12.3. The van der Waals surface area contributed by atoms with Crippen molar-refractivity contribution in [3.05, 3.63) is 35.9 Å². The Hall–Kier alpha value is -1.55. The predicted molar refractivity (Wildman–Crippen MR) is 65.6 cm³/mol. The first-order chi connectivity index (χ1) is 8.16. The Morgan fingerprint density at radius 3 is 2.59 bits per heavy atom. The van der Waals surface area contributed by atoms with E-state index in [4.69, 9.17) is 5.73 Å². The van der Waals surface area contributed by atoms with Crippen molar-refractivity contribution in [3.8, 4) is 0 Å². The Bertz CT molecular complexity index is 380. The molecule has 2 atom stereocenters. The van der Waals surface area contributed by atoms with Crippen LogP contribution in [0.4, 0.5) is 4.79 Å². The van der Waals surface area contributed by atoms with Gasteiger partial charge in [0.1, 0.15) is 0 Å². The molecule has 0 aromatic heterocycles. The predicted octanol–water partition coefficient (Wildman–Crippen LogP) is 2.05. The number of amides is 1. The van der Waals surface area contributed by atoms with Crippen LogP contribution < -0.4 is 5.73 Å². The fourth-order valence-corrected chi connectivity index (χ4v) is 2.41. The van der Waals surface area contributed by atoms with Crippen molar-refractivity contribution < 1.29 is 9.90 Å². The molecular weight excluding hydrogens is 216 g/mol. The first-order valence-electron chi connectivity index (χ1n) is 5.96. The van der Waals surface area contributed by atoms with Gasteiger partial charge in [-0.1, -0.05) is 30.3 Å². The number of carbonyl (C=O) groups is 1. The van der Waals surface area contributed by atoms with Crippen LogP contribution in [-0.4, -0.2) is 28.2 Å². The Kier molecular flexibility index (Phi) is 3.64. The van der Waals surface area contributed by atoms with Crippen molar-refractivity contribution in [2.45, 2.75) is 37.9 Å². The van der Waals surface area contributed by atoms with E-state index >= 15 is 0 Å². The Balaban J connectivity index is 2.05. The average molecular weight is 234 g/mol. The second-order valence-corrected chi connectivity index (χ2v) is 4.62. The summed E-state index contributed by atoms with van der Waals surface area (Å²) in [5.74, 6) is 0. The monoisotopic (exact) mass is 234 g/mol. The summed E-state index contributed by atoms with van der Waals surface area (Å²) in [5.41, 5.74) is 6.86. The highest BCUT2D eigenvalue weighted by Gasteiger charge is 2.30. The molecule has 0 aliphatic heterocycles. The lowest BCUT2D eigenvalue weighted by molar-refractivity contribution is 0.121. The van der Waals surface area contributed by atoms with E-state index in [1.165, 1.54) is 4.90 Å². The lowest BCUT2D eigenvalue weighted by atomic mass is 10.1. The van der Waals surface area contributed by atoms with E-state index < -0.39 is 6.09 Å². The first-order valence-corrected chi connectivity index (χ1v) is 5.96. The van der Waals surface area contributed by atoms with Gasteiger partial charge < -0.3 is 15.7 Å². The van der Waals surface area contributed by atoms with Gasteiger partial charge in [-0.05, 0) is 24.8 Å². The zero-order valence-corrected chi connectivity index (χ0v) is 9.75. The standard InChI is InChI=1S/C13H18N2O2/c14-11-6-7-12(8-11)15(13(16)17)9-10-4-2-1-3-5-10/h1-5,11-12H,6-9,14H2,(H,16,17)/t11-,12+/m0/s1. The van der Waals surface area contributed by atoms with Gasteiger partial charge in [-0.25, -0.2) is 4.79 Å². The molecule has 17 heavy (non-hydrogen) atoms. The van der Waals surface area contributed by atoms with Crippen molar-refractivity contribution >= 4 is 6.09 Å². The van der Waals surface area contributed by atoms with Gasteiger partial charge in [-0.3, -0.25) is 0 Å². The minimum absolute atomic E-state index is 0.0720. The highest BCUT2D eigenvalue weighted by molar-refractivity contribution is 5.65. The number of carboxylic acid groups (broad SMARTS) is 1. The summed E-state index contributed by atoms with van der Waals surface area (Å²) in [6.07, 6.45) is 1.72. The topological polar surface area (TPSA) is 66.6 Å². The van der Waals surface area contributed by atoms with Gasteiger partial charge in [-0.2, -0.15) is 0 Å². The minimum Gasteiger partial charge on any atom is -0.465 e. The van der Waals surface area contributed by atoms with Gasteiger partial charge in [0, 0.05) is 18.6 Å². The molecule has 2 rings (SSSR count). The summed E-state index contributed by atoms with van der Waals surface area (Å²) in [4.78, 5) is 12.8. The van der Waals surface area contributed by atoms with Gasteiger partial charge in [0.25, 0.3) is 0 Å². The maximum absolute atomic E-state index is 11.3. The first kappa shape index (κ1) is 11.9.